The van der Waals surface area contributed by atoms with E-state index in [1.54, 1.807) is 11.3 Å². The van der Waals surface area contributed by atoms with Crippen molar-refractivity contribution in [3.63, 3.8) is 0 Å². The first-order valence-electron chi connectivity index (χ1n) is 8.55. The van der Waals surface area contributed by atoms with Crippen LogP contribution in [0.25, 0.3) is 0 Å². The van der Waals surface area contributed by atoms with Crippen molar-refractivity contribution in [1.29, 1.82) is 0 Å². The van der Waals surface area contributed by atoms with E-state index in [0.717, 1.165) is 48.1 Å². The molecule has 5 nitrogen and oxygen atoms in total. The Hall–Kier alpha value is -1.95. The Balaban J connectivity index is 1.61. The topological polar surface area (TPSA) is 58.1 Å². The van der Waals surface area contributed by atoms with Gasteiger partial charge in [0.1, 0.15) is 10.0 Å². The highest BCUT2D eigenvalue weighted by molar-refractivity contribution is 7.11. The number of aromatic nitrogens is 2. The minimum atomic E-state index is -0.0298. The number of hydrogen-bond acceptors (Lipinski definition) is 4. The van der Waals surface area contributed by atoms with E-state index in [-0.39, 0.29) is 6.03 Å². The summed E-state index contributed by atoms with van der Waals surface area (Å²) in [6.45, 7) is 5.90. The van der Waals surface area contributed by atoms with Crippen molar-refractivity contribution < 1.29 is 4.79 Å². The van der Waals surface area contributed by atoms with Crippen molar-refractivity contribution in [2.75, 3.05) is 18.4 Å². The predicted octanol–water partition coefficient (Wildman–Crippen LogP) is 4.15. The van der Waals surface area contributed by atoms with E-state index < -0.39 is 0 Å². The molecule has 1 atom stereocenters. The summed E-state index contributed by atoms with van der Waals surface area (Å²) in [5.41, 5.74) is 0.833. The molecule has 128 valence electrons. The summed E-state index contributed by atoms with van der Waals surface area (Å²) in [6, 6.07) is 9.57. The molecule has 2 aromatic rings. The molecule has 1 fully saturated rings. The average Bonchev–Trinajstić information content (AvgIpc) is 3.03. The molecular weight excluding hydrogens is 320 g/mol. The van der Waals surface area contributed by atoms with Crippen molar-refractivity contribution in [3.05, 3.63) is 40.3 Å². The zero-order chi connectivity index (χ0) is 16.9. The molecule has 3 rings (SSSR count). The number of hydrogen-bond donors (Lipinski definition) is 1. The standard InChI is InChI=1S/C18H24N4OS/c1-13(2)11-16-20-21-17(24-16)14-7-6-10-22(12-14)18(23)19-15-8-4-3-5-9-15/h3-5,8-9,13-14H,6-7,10-12H2,1-2H3,(H,19,23). The Morgan fingerprint density at radius 2 is 2.12 bits per heavy atom. The van der Waals surface area contributed by atoms with E-state index >= 15 is 0 Å². The molecule has 6 heteroatoms. The van der Waals surface area contributed by atoms with Gasteiger partial charge in [0.05, 0.1) is 0 Å². The number of anilines is 1. The fourth-order valence-electron chi connectivity index (χ4n) is 2.95. The Bertz CT molecular complexity index is 671. The smallest absolute Gasteiger partial charge is 0.321 e. The van der Waals surface area contributed by atoms with E-state index in [0.29, 0.717) is 11.8 Å². The number of likely N-dealkylation sites (tertiary alicyclic amines) is 1. The lowest BCUT2D eigenvalue weighted by atomic mass is 9.99. The Morgan fingerprint density at radius 3 is 2.88 bits per heavy atom. The second kappa shape index (κ2) is 7.75. The van der Waals surface area contributed by atoms with Crippen LogP contribution in [0.15, 0.2) is 30.3 Å². The number of carbonyl (C=O) groups excluding carboxylic acids is 1. The molecule has 1 aliphatic rings. The van der Waals surface area contributed by atoms with Gasteiger partial charge in [0.25, 0.3) is 0 Å². The molecule has 1 aromatic heterocycles. The van der Waals surface area contributed by atoms with Crippen LogP contribution in [0.4, 0.5) is 10.5 Å². The maximum absolute atomic E-state index is 12.5. The fraction of sp³-hybridized carbons (Fsp3) is 0.500. The van der Waals surface area contributed by atoms with Crippen molar-refractivity contribution >= 4 is 23.1 Å². The molecule has 0 spiro atoms. The molecule has 0 aliphatic carbocycles. The number of urea groups is 1. The normalized spacial score (nSPS) is 18.0. The van der Waals surface area contributed by atoms with Crippen LogP contribution < -0.4 is 5.32 Å². The third kappa shape index (κ3) is 4.32. The lowest BCUT2D eigenvalue weighted by Crippen LogP contribution is -2.41. The van der Waals surface area contributed by atoms with Gasteiger partial charge in [-0.3, -0.25) is 0 Å². The number of rotatable bonds is 4. The Labute approximate surface area is 147 Å². The molecule has 1 unspecified atom stereocenters. The van der Waals surface area contributed by atoms with Crippen LogP contribution in [0.1, 0.15) is 42.6 Å². The maximum Gasteiger partial charge on any atom is 0.321 e. The number of nitrogens with one attached hydrogen (secondary N) is 1. The van der Waals surface area contributed by atoms with Gasteiger partial charge in [-0.05, 0) is 30.9 Å². The zero-order valence-corrected chi connectivity index (χ0v) is 15.1. The third-order valence-corrected chi connectivity index (χ3v) is 5.26. The van der Waals surface area contributed by atoms with Gasteiger partial charge >= 0.3 is 6.03 Å². The van der Waals surface area contributed by atoms with Gasteiger partial charge < -0.3 is 10.2 Å². The summed E-state index contributed by atoms with van der Waals surface area (Å²) in [6.07, 6.45) is 3.06. The van der Waals surface area contributed by atoms with Crippen molar-refractivity contribution in [3.8, 4) is 0 Å². The molecule has 2 heterocycles. The van der Waals surface area contributed by atoms with Crippen molar-refractivity contribution in [2.45, 2.75) is 39.0 Å². The quantitative estimate of drug-likeness (QED) is 0.906. The van der Waals surface area contributed by atoms with Crippen LogP contribution in [0, 0.1) is 5.92 Å². The second-order valence-corrected chi connectivity index (χ2v) is 7.81. The number of amides is 2. The Kier molecular flexibility index (Phi) is 5.45. The molecule has 24 heavy (non-hydrogen) atoms. The third-order valence-electron chi connectivity index (χ3n) is 4.15. The van der Waals surface area contributed by atoms with Gasteiger partial charge in [0, 0.05) is 31.1 Å². The maximum atomic E-state index is 12.5. The van der Waals surface area contributed by atoms with Crippen LogP contribution >= 0.6 is 11.3 Å². The SMILES string of the molecule is CC(C)Cc1nnc(C2CCCN(C(=O)Nc3ccccc3)C2)s1. The van der Waals surface area contributed by atoms with Gasteiger partial charge in [0.15, 0.2) is 0 Å². The van der Waals surface area contributed by atoms with E-state index in [1.807, 2.05) is 35.2 Å². The highest BCUT2D eigenvalue weighted by Crippen LogP contribution is 2.30. The first kappa shape index (κ1) is 16.9. The first-order valence-corrected chi connectivity index (χ1v) is 9.36. The van der Waals surface area contributed by atoms with E-state index in [2.05, 4.69) is 29.4 Å². The van der Waals surface area contributed by atoms with Crippen LogP contribution in [-0.4, -0.2) is 34.2 Å². The van der Waals surface area contributed by atoms with Crippen molar-refractivity contribution in [1.82, 2.24) is 15.1 Å². The van der Waals surface area contributed by atoms with Gasteiger partial charge in [-0.25, -0.2) is 4.79 Å². The van der Waals surface area contributed by atoms with Gasteiger partial charge in [-0.15, -0.1) is 21.5 Å². The fourth-order valence-corrected chi connectivity index (χ4v) is 4.13. The summed E-state index contributed by atoms with van der Waals surface area (Å²) in [5, 5.41) is 13.8. The molecule has 1 aliphatic heterocycles. The zero-order valence-electron chi connectivity index (χ0n) is 14.2. The van der Waals surface area contributed by atoms with Crippen LogP contribution in [-0.2, 0) is 6.42 Å². The van der Waals surface area contributed by atoms with E-state index in [4.69, 9.17) is 0 Å². The molecule has 1 N–H and O–H groups in total. The minimum Gasteiger partial charge on any atom is -0.324 e. The molecular formula is C18H24N4OS. The highest BCUT2D eigenvalue weighted by atomic mass is 32.1. The summed E-state index contributed by atoms with van der Waals surface area (Å²) in [4.78, 5) is 14.4. The van der Waals surface area contributed by atoms with Gasteiger partial charge in [0.2, 0.25) is 0 Å². The highest BCUT2D eigenvalue weighted by Gasteiger charge is 2.27. The van der Waals surface area contributed by atoms with Crippen LogP contribution in [0.5, 0.6) is 0 Å². The monoisotopic (exact) mass is 344 g/mol. The lowest BCUT2D eigenvalue weighted by Gasteiger charge is -2.31. The van der Waals surface area contributed by atoms with E-state index in [1.165, 1.54) is 0 Å². The number of piperidine rings is 1. The van der Waals surface area contributed by atoms with E-state index in [9.17, 15) is 4.79 Å². The number of para-hydroxylation sites is 1. The number of carbonyl (C=O) groups is 1. The molecule has 1 aromatic carbocycles. The van der Waals surface area contributed by atoms with Gasteiger partial charge in [-0.1, -0.05) is 32.0 Å². The number of nitrogens with zero attached hydrogens (tertiary/aromatic N) is 3. The Morgan fingerprint density at radius 1 is 1.33 bits per heavy atom. The van der Waals surface area contributed by atoms with Crippen molar-refractivity contribution in [2.24, 2.45) is 5.92 Å². The summed E-state index contributed by atoms with van der Waals surface area (Å²) in [7, 11) is 0. The van der Waals surface area contributed by atoms with Crippen LogP contribution in [0.3, 0.4) is 0 Å². The molecule has 0 saturated carbocycles. The summed E-state index contributed by atoms with van der Waals surface area (Å²) < 4.78 is 0. The largest absolute Gasteiger partial charge is 0.324 e. The minimum absolute atomic E-state index is 0.0298. The molecule has 0 radical (unpaired) electrons. The molecule has 1 saturated heterocycles. The average molecular weight is 344 g/mol. The number of benzene rings is 1. The lowest BCUT2D eigenvalue weighted by molar-refractivity contribution is 0.192. The molecule has 2 amide bonds. The summed E-state index contributed by atoms with van der Waals surface area (Å²) in [5.74, 6) is 0.893. The second-order valence-electron chi connectivity index (χ2n) is 6.71. The van der Waals surface area contributed by atoms with Crippen LogP contribution in [0.2, 0.25) is 0 Å². The van der Waals surface area contributed by atoms with Gasteiger partial charge in [-0.2, -0.15) is 0 Å². The summed E-state index contributed by atoms with van der Waals surface area (Å²) >= 11 is 1.70. The molecule has 0 bridgehead atoms. The predicted molar refractivity (Wildman–Crippen MR) is 97.5 cm³/mol. The first-order chi connectivity index (χ1) is 11.6.